The zero-order valence-corrected chi connectivity index (χ0v) is 9.71. The van der Waals surface area contributed by atoms with Gasteiger partial charge in [-0.1, -0.05) is 6.92 Å². The van der Waals surface area contributed by atoms with Crippen LogP contribution in [0.15, 0.2) is 24.5 Å². The minimum absolute atomic E-state index is 0.312. The largest absolute Gasteiger partial charge is 0.265 e. The Morgan fingerprint density at radius 1 is 1.29 bits per heavy atom. The van der Waals surface area contributed by atoms with Crippen molar-refractivity contribution in [3.05, 3.63) is 30.1 Å². The van der Waals surface area contributed by atoms with Gasteiger partial charge in [0.25, 0.3) is 0 Å². The number of pyridine rings is 1. The van der Waals surface area contributed by atoms with Crippen molar-refractivity contribution in [3.8, 4) is 0 Å². The van der Waals surface area contributed by atoms with E-state index in [2.05, 4.69) is 4.98 Å². The lowest BCUT2D eigenvalue weighted by atomic mass is 10.3. The van der Waals surface area contributed by atoms with Crippen molar-refractivity contribution in [2.75, 3.05) is 12.0 Å². The zero-order chi connectivity index (χ0) is 11.0. The summed E-state index contributed by atoms with van der Waals surface area (Å²) in [5.74, 6) is 0.312. The minimum atomic E-state index is -2.67. The third-order valence-electron chi connectivity index (χ3n) is 1.42. The summed E-state index contributed by atoms with van der Waals surface area (Å²) in [6, 6.07) is 3.94. The summed E-state index contributed by atoms with van der Waals surface area (Å²) in [7, 11) is -2.67. The summed E-state index contributed by atoms with van der Waals surface area (Å²) in [5.41, 5.74) is 1.26. The van der Waals surface area contributed by atoms with Gasteiger partial charge in [-0.2, -0.15) is 0 Å². The lowest BCUT2D eigenvalue weighted by Gasteiger charge is -1.87. The summed E-state index contributed by atoms with van der Waals surface area (Å²) in [4.78, 5) is 3.85. The molecule has 0 bridgehead atoms. The van der Waals surface area contributed by atoms with Crippen LogP contribution in [-0.4, -0.2) is 25.4 Å². The summed E-state index contributed by atoms with van der Waals surface area (Å²) in [5, 5.41) is 0. The maximum absolute atomic E-state index is 10.2. The maximum atomic E-state index is 10.2. The molecule has 0 atom stereocenters. The normalized spacial score (nSPS) is 10.2. The standard InChI is InChI=1S/C6H7N.C4H10O2S/c1-6-2-4-7-5-3-6;1-3-4-7(2,5)6/h2-5H,1H3;3-4H2,1-2H3. The molecule has 0 aliphatic rings. The first-order chi connectivity index (χ1) is 6.45. The number of aryl methyl sites for hydroxylation is 1. The Morgan fingerprint density at radius 3 is 1.93 bits per heavy atom. The van der Waals surface area contributed by atoms with Gasteiger partial charge in [0.1, 0.15) is 9.84 Å². The van der Waals surface area contributed by atoms with Gasteiger partial charge in [-0.05, 0) is 31.0 Å². The Bertz CT molecular complexity index is 332. The Hall–Kier alpha value is -0.900. The highest BCUT2D eigenvalue weighted by atomic mass is 32.2. The molecule has 0 fully saturated rings. The molecule has 0 unspecified atom stereocenters. The van der Waals surface area contributed by atoms with Crippen LogP contribution in [0.5, 0.6) is 0 Å². The van der Waals surface area contributed by atoms with E-state index in [0.717, 1.165) is 6.42 Å². The summed E-state index contributed by atoms with van der Waals surface area (Å²) < 4.78 is 20.5. The van der Waals surface area contributed by atoms with Crippen LogP contribution in [0.1, 0.15) is 18.9 Å². The molecule has 0 saturated carbocycles. The average molecular weight is 215 g/mol. The first kappa shape index (κ1) is 13.1. The predicted octanol–water partition coefficient (Wildman–Crippen LogP) is 1.83. The van der Waals surface area contributed by atoms with Crippen LogP contribution >= 0.6 is 0 Å². The SMILES string of the molecule is CCCS(C)(=O)=O.Cc1ccncc1. The van der Waals surface area contributed by atoms with Crippen LogP contribution in [0.2, 0.25) is 0 Å². The molecule has 0 aliphatic carbocycles. The van der Waals surface area contributed by atoms with Crippen LogP contribution in [0.4, 0.5) is 0 Å². The second-order valence-corrected chi connectivity index (χ2v) is 5.41. The number of nitrogens with zero attached hydrogens (tertiary/aromatic N) is 1. The van der Waals surface area contributed by atoms with E-state index in [0.29, 0.717) is 5.75 Å². The fraction of sp³-hybridized carbons (Fsp3) is 0.500. The fourth-order valence-electron chi connectivity index (χ4n) is 0.797. The van der Waals surface area contributed by atoms with Gasteiger partial charge in [0.2, 0.25) is 0 Å². The molecule has 0 saturated heterocycles. The molecule has 1 rings (SSSR count). The van der Waals surface area contributed by atoms with Crippen molar-refractivity contribution >= 4 is 9.84 Å². The molecule has 1 aromatic heterocycles. The molecule has 0 amide bonds. The molecule has 14 heavy (non-hydrogen) atoms. The molecular weight excluding hydrogens is 198 g/mol. The maximum Gasteiger partial charge on any atom is 0.147 e. The van der Waals surface area contributed by atoms with E-state index in [4.69, 9.17) is 0 Å². The molecule has 1 aromatic rings. The third kappa shape index (κ3) is 9.19. The molecule has 0 spiro atoms. The molecule has 1 heterocycles. The van der Waals surface area contributed by atoms with Gasteiger partial charge in [0.15, 0.2) is 0 Å². The van der Waals surface area contributed by atoms with E-state index in [-0.39, 0.29) is 0 Å². The van der Waals surface area contributed by atoms with E-state index in [1.165, 1.54) is 11.8 Å². The Kier molecular flexibility index (Phi) is 6.12. The molecule has 0 aromatic carbocycles. The highest BCUT2D eigenvalue weighted by Gasteiger charge is 1.95. The zero-order valence-electron chi connectivity index (χ0n) is 8.90. The van der Waals surface area contributed by atoms with Gasteiger partial charge in [-0.3, -0.25) is 4.98 Å². The van der Waals surface area contributed by atoms with Crippen LogP contribution in [0.25, 0.3) is 0 Å². The van der Waals surface area contributed by atoms with Crippen molar-refractivity contribution < 1.29 is 8.42 Å². The summed E-state index contributed by atoms with van der Waals surface area (Å²) in [6.45, 7) is 3.89. The van der Waals surface area contributed by atoms with E-state index in [9.17, 15) is 8.42 Å². The van der Waals surface area contributed by atoms with Gasteiger partial charge in [-0.15, -0.1) is 0 Å². The lowest BCUT2D eigenvalue weighted by molar-refractivity contribution is 0.600. The first-order valence-electron chi connectivity index (χ1n) is 4.50. The van der Waals surface area contributed by atoms with Gasteiger partial charge < -0.3 is 0 Å². The third-order valence-corrected chi connectivity index (χ3v) is 2.57. The molecular formula is C10H17NO2S. The fourth-order valence-corrected chi connectivity index (χ4v) is 1.54. The number of hydrogen-bond donors (Lipinski definition) is 0. The quantitative estimate of drug-likeness (QED) is 0.756. The van der Waals surface area contributed by atoms with E-state index >= 15 is 0 Å². The van der Waals surface area contributed by atoms with E-state index in [1.807, 2.05) is 26.0 Å². The van der Waals surface area contributed by atoms with Crippen LogP contribution in [0, 0.1) is 6.92 Å². The van der Waals surface area contributed by atoms with E-state index < -0.39 is 9.84 Å². The molecule has 0 N–H and O–H groups in total. The summed E-state index contributed by atoms with van der Waals surface area (Å²) in [6.07, 6.45) is 5.54. The van der Waals surface area contributed by atoms with Crippen molar-refractivity contribution in [3.63, 3.8) is 0 Å². The number of sulfone groups is 1. The van der Waals surface area contributed by atoms with Crippen molar-refractivity contribution in [2.24, 2.45) is 0 Å². The highest BCUT2D eigenvalue weighted by molar-refractivity contribution is 7.90. The molecule has 0 radical (unpaired) electrons. The van der Waals surface area contributed by atoms with Gasteiger partial charge in [0, 0.05) is 24.4 Å². The lowest BCUT2D eigenvalue weighted by Crippen LogP contribution is -2.00. The number of hydrogen-bond acceptors (Lipinski definition) is 3. The summed E-state index contributed by atoms with van der Waals surface area (Å²) >= 11 is 0. The average Bonchev–Trinajstić information content (AvgIpc) is 2.04. The second kappa shape index (κ2) is 6.54. The van der Waals surface area contributed by atoms with Crippen LogP contribution in [0.3, 0.4) is 0 Å². The molecule has 4 heteroatoms. The van der Waals surface area contributed by atoms with Crippen molar-refractivity contribution in [1.29, 1.82) is 0 Å². The van der Waals surface area contributed by atoms with Crippen molar-refractivity contribution in [2.45, 2.75) is 20.3 Å². The second-order valence-electron chi connectivity index (χ2n) is 3.15. The molecule has 0 aliphatic heterocycles. The Morgan fingerprint density at radius 2 is 1.79 bits per heavy atom. The van der Waals surface area contributed by atoms with Crippen molar-refractivity contribution in [1.82, 2.24) is 4.98 Å². The van der Waals surface area contributed by atoms with Crippen LogP contribution in [-0.2, 0) is 9.84 Å². The smallest absolute Gasteiger partial charge is 0.147 e. The van der Waals surface area contributed by atoms with Gasteiger partial charge in [0.05, 0.1) is 0 Å². The topological polar surface area (TPSA) is 47.0 Å². The molecule has 3 nitrogen and oxygen atoms in total. The number of aromatic nitrogens is 1. The monoisotopic (exact) mass is 215 g/mol. The highest BCUT2D eigenvalue weighted by Crippen LogP contribution is 1.88. The van der Waals surface area contributed by atoms with Gasteiger partial charge >= 0.3 is 0 Å². The first-order valence-corrected chi connectivity index (χ1v) is 6.56. The Balaban J connectivity index is 0.000000241. The molecule has 80 valence electrons. The van der Waals surface area contributed by atoms with E-state index in [1.54, 1.807) is 12.4 Å². The number of rotatable bonds is 2. The predicted molar refractivity (Wildman–Crippen MR) is 59.0 cm³/mol. The van der Waals surface area contributed by atoms with Gasteiger partial charge in [-0.25, -0.2) is 8.42 Å². The minimum Gasteiger partial charge on any atom is -0.265 e. The Labute approximate surface area is 86.1 Å². The van der Waals surface area contributed by atoms with Crippen LogP contribution < -0.4 is 0 Å².